The maximum Gasteiger partial charge on any atom is 0.261 e. The lowest BCUT2D eigenvalue weighted by Gasteiger charge is -2.34. The summed E-state index contributed by atoms with van der Waals surface area (Å²) in [7, 11) is 0.134. The molecule has 1 heterocycles. The van der Waals surface area contributed by atoms with Crippen molar-refractivity contribution in [3.63, 3.8) is 0 Å². The molecule has 1 atom stereocenters. The highest BCUT2D eigenvalue weighted by molar-refractivity contribution is 7.85. The third kappa shape index (κ3) is 3.49. The van der Waals surface area contributed by atoms with Crippen molar-refractivity contribution >= 4 is 27.6 Å². The van der Waals surface area contributed by atoms with Gasteiger partial charge in [0.05, 0.1) is 21.4 Å². The average Bonchev–Trinajstić information content (AvgIpc) is 2.54. The number of benzene rings is 1. The van der Waals surface area contributed by atoms with Crippen molar-refractivity contribution in [2.45, 2.75) is 64.3 Å². The molecule has 0 aliphatic heterocycles. The van der Waals surface area contributed by atoms with Gasteiger partial charge in [-0.25, -0.2) is 13.6 Å². The number of aryl methyl sites for hydroxylation is 1. The zero-order valence-electron chi connectivity index (χ0n) is 16.7. The molecule has 0 saturated heterocycles. The Balaban J connectivity index is 2.29. The highest BCUT2D eigenvalue weighted by Crippen LogP contribution is 2.44. The number of hydrogen-bond donors (Lipinski definition) is 0. The van der Waals surface area contributed by atoms with E-state index >= 15 is 4.39 Å². The Labute approximate surface area is 161 Å². The van der Waals surface area contributed by atoms with Crippen LogP contribution in [0.3, 0.4) is 0 Å². The summed E-state index contributed by atoms with van der Waals surface area (Å²) in [6, 6.07) is 3.63. The van der Waals surface area contributed by atoms with Gasteiger partial charge in [-0.05, 0) is 71.6 Å². The Morgan fingerprint density at radius 3 is 2.48 bits per heavy atom. The van der Waals surface area contributed by atoms with Crippen LogP contribution in [0, 0.1) is 6.92 Å². The molecule has 7 heteroatoms. The van der Waals surface area contributed by atoms with Crippen LogP contribution < -0.4 is 5.56 Å². The predicted octanol–water partition coefficient (Wildman–Crippen LogP) is 3.86. The second kappa shape index (κ2) is 6.62. The minimum Gasteiger partial charge on any atom is -0.297 e. The molecule has 3 rings (SSSR count). The fourth-order valence-corrected chi connectivity index (χ4v) is 3.84. The highest BCUT2D eigenvalue weighted by atomic mass is 32.2. The van der Waals surface area contributed by atoms with Crippen LogP contribution in [0.1, 0.15) is 63.9 Å². The lowest BCUT2D eigenvalue weighted by molar-refractivity contribution is 0.0465. The van der Waals surface area contributed by atoms with Crippen LogP contribution in [-0.2, 0) is 23.7 Å². The van der Waals surface area contributed by atoms with Crippen LogP contribution in [0.25, 0.3) is 10.9 Å². The van der Waals surface area contributed by atoms with Gasteiger partial charge < -0.3 is 0 Å². The number of hydrogen-bond acceptors (Lipinski definition) is 3. The lowest BCUT2D eigenvalue weighted by atomic mass is 9.81. The Hall–Kier alpha value is -1.89. The van der Waals surface area contributed by atoms with Gasteiger partial charge in [0.15, 0.2) is 5.67 Å². The molecule has 0 amide bonds. The van der Waals surface area contributed by atoms with Gasteiger partial charge in [0.2, 0.25) is 0 Å². The van der Waals surface area contributed by atoms with Gasteiger partial charge in [-0.3, -0.25) is 9.36 Å². The van der Waals surface area contributed by atoms with E-state index in [4.69, 9.17) is 0 Å². The first-order valence-corrected chi connectivity index (χ1v) is 10.2. The van der Waals surface area contributed by atoms with E-state index in [-0.39, 0.29) is 11.4 Å². The molecule has 2 aromatic rings. The molecule has 1 aromatic heterocycles. The van der Waals surface area contributed by atoms with Crippen LogP contribution in [0.15, 0.2) is 21.3 Å². The van der Waals surface area contributed by atoms with Crippen LogP contribution in [-0.4, -0.2) is 24.2 Å². The van der Waals surface area contributed by atoms with Crippen molar-refractivity contribution in [3.8, 4) is 0 Å². The van der Waals surface area contributed by atoms with Gasteiger partial charge in [-0.1, -0.05) is 0 Å². The number of alkyl halides is 1. The van der Waals surface area contributed by atoms with Crippen LogP contribution in [0.2, 0.25) is 0 Å². The minimum atomic E-state index is -1.55. The summed E-state index contributed by atoms with van der Waals surface area (Å²) < 4.78 is 32.7. The maximum atomic E-state index is 15.1. The molecule has 1 aromatic carbocycles. The summed E-state index contributed by atoms with van der Waals surface area (Å²) in [5.74, 6) is 0.168. The summed E-state index contributed by atoms with van der Waals surface area (Å²) in [5, 5.41) is 0.426. The van der Waals surface area contributed by atoms with E-state index in [1.54, 1.807) is 20.0 Å². The van der Waals surface area contributed by atoms with Crippen molar-refractivity contribution in [1.29, 1.82) is 0 Å². The molecule has 27 heavy (non-hydrogen) atoms. The predicted molar refractivity (Wildman–Crippen MR) is 108 cm³/mol. The summed E-state index contributed by atoms with van der Waals surface area (Å²) in [6.07, 6.45) is 1.54. The second-order valence-corrected chi connectivity index (χ2v) is 10.3. The van der Waals surface area contributed by atoms with Crippen molar-refractivity contribution in [1.82, 2.24) is 9.55 Å². The molecule has 1 aliphatic rings. The molecule has 5 nitrogen and oxygen atoms in total. The fourth-order valence-electron chi connectivity index (χ4n) is 3.22. The molecule has 1 fully saturated rings. The van der Waals surface area contributed by atoms with E-state index < -0.39 is 21.4 Å². The number of rotatable bonds is 3. The van der Waals surface area contributed by atoms with Gasteiger partial charge in [0, 0.05) is 12.6 Å². The molecule has 0 N–H and O–H groups in total. The van der Waals surface area contributed by atoms with Gasteiger partial charge in [0.1, 0.15) is 16.8 Å². The molecule has 0 unspecified atom stereocenters. The van der Waals surface area contributed by atoms with E-state index in [1.165, 1.54) is 4.57 Å². The lowest BCUT2D eigenvalue weighted by Crippen LogP contribution is -2.37. The standard InChI is InChI=1S/C20H26FN3O2S/c1-12-10-14(13(2)23-27(26)19(3,4)5)16-15(11-12)17(25)24(6)18(22-16)20(21)8-7-9-20/h10-11H,7-9H2,1-6H3/b23-13-/t27-/m1/s1. The molecule has 1 saturated carbocycles. The quantitative estimate of drug-likeness (QED) is 0.746. The van der Waals surface area contributed by atoms with Crippen molar-refractivity contribution in [3.05, 3.63) is 39.4 Å². The molecular weight excluding hydrogens is 365 g/mol. The monoisotopic (exact) mass is 391 g/mol. The first-order valence-electron chi connectivity index (χ1n) is 9.12. The van der Waals surface area contributed by atoms with Crippen molar-refractivity contribution in [2.75, 3.05) is 0 Å². The van der Waals surface area contributed by atoms with Gasteiger partial charge in [-0.15, -0.1) is 0 Å². The molecule has 0 radical (unpaired) electrons. The molecular formula is C20H26FN3O2S. The molecule has 0 spiro atoms. The van der Waals surface area contributed by atoms with E-state index in [2.05, 4.69) is 9.38 Å². The zero-order chi connectivity index (χ0) is 20.1. The number of nitrogens with zero attached hydrogens (tertiary/aromatic N) is 3. The average molecular weight is 392 g/mol. The van der Waals surface area contributed by atoms with E-state index in [9.17, 15) is 9.00 Å². The minimum absolute atomic E-state index is 0.168. The van der Waals surface area contributed by atoms with Gasteiger partial charge in [-0.2, -0.15) is 4.40 Å². The Morgan fingerprint density at radius 2 is 1.96 bits per heavy atom. The summed E-state index contributed by atoms with van der Waals surface area (Å²) in [4.78, 5) is 17.5. The van der Waals surface area contributed by atoms with E-state index in [0.29, 0.717) is 35.0 Å². The number of fused-ring (bicyclic) bond motifs is 1. The highest BCUT2D eigenvalue weighted by Gasteiger charge is 2.42. The summed E-state index contributed by atoms with van der Waals surface area (Å²) >= 11 is 0. The molecule has 1 aliphatic carbocycles. The first-order chi connectivity index (χ1) is 12.4. The number of aromatic nitrogens is 2. The van der Waals surface area contributed by atoms with Gasteiger partial charge in [0.25, 0.3) is 5.56 Å². The molecule has 146 valence electrons. The first kappa shape index (κ1) is 19.9. The molecule has 0 bridgehead atoms. The SMILES string of the molecule is C/C(=N/[S@](=O)C(C)(C)C)c1cc(C)cc2c(=O)n(C)c(C3(F)CCC3)nc12. The summed E-state index contributed by atoms with van der Waals surface area (Å²) in [6.45, 7) is 9.19. The Bertz CT molecular complexity index is 1030. The van der Waals surface area contributed by atoms with E-state index in [1.807, 2.05) is 33.8 Å². The van der Waals surface area contributed by atoms with E-state index in [0.717, 1.165) is 12.0 Å². The third-order valence-corrected chi connectivity index (χ3v) is 6.49. The summed E-state index contributed by atoms with van der Waals surface area (Å²) in [5.41, 5.74) is 0.640. The Kier molecular flexibility index (Phi) is 4.87. The van der Waals surface area contributed by atoms with Crippen LogP contribution >= 0.6 is 0 Å². The zero-order valence-corrected chi connectivity index (χ0v) is 17.5. The Morgan fingerprint density at radius 1 is 1.33 bits per heavy atom. The third-order valence-electron chi connectivity index (χ3n) is 5.01. The smallest absolute Gasteiger partial charge is 0.261 e. The maximum absolute atomic E-state index is 15.1. The number of halogens is 1. The largest absolute Gasteiger partial charge is 0.297 e. The fraction of sp³-hybridized carbons (Fsp3) is 0.550. The van der Waals surface area contributed by atoms with Crippen molar-refractivity contribution in [2.24, 2.45) is 11.4 Å². The van der Waals surface area contributed by atoms with Crippen LogP contribution in [0.5, 0.6) is 0 Å². The van der Waals surface area contributed by atoms with Gasteiger partial charge >= 0.3 is 0 Å². The topological polar surface area (TPSA) is 64.3 Å². The normalized spacial score (nSPS) is 18.4. The van der Waals surface area contributed by atoms with Crippen molar-refractivity contribution < 1.29 is 8.60 Å². The van der Waals surface area contributed by atoms with Crippen LogP contribution in [0.4, 0.5) is 4.39 Å². The second-order valence-electron chi connectivity index (χ2n) is 8.37.